The van der Waals surface area contributed by atoms with Crippen LogP contribution in [0.2, 0.25) is 0 Å². The Morgan fingerprint density at radius 3 is 2.85 bits per heavy atom. The van der Waals surface area contributed by atoms with E-state index in [4.69, 9.17) is 11.3 Å². The van der Waals surface area contributed by atoms with E-state index in [1.54, 1.807) is 0 Å². The van der Waals surface area contributed by atoms with Crippen LogP contribution in [0.3, 0.4) is 0 Å². The highest BCUT2D eigenvalue weighted by Gasteiger charge is 2.18. The van der Waals surface area contributed by atoms with Crippen LogP contribution >= 0.6 is 11.3 Å². The predicted molar refractivity (Wildman–Crippen MR) is 79.3 cm³/mol. The summed E-state index contributed by atoms with van der Waals surface area (Å²) in [4.78, 5) is 20.2. The van der Waals surface area contributed by atoms with E-state index in [1.807, 2.05) is 32.0 Å². The van der Waals surface area contributed by atoms with Gasteiger partial charge in [0.1, 0.15) is 9.88 Å². The number of thiazole rings is 1. The minimum Gasteiger partial charge on any atom is -0.465 e. The number of aryl methyl sites for hydroxylation is 2. The molecule has 20 heavy (non-hydrogen) atoms. The first kappa shape index (κ1) is 14.2. The Morgan fingerprint density at radius 1 is 1.50 bits per heavy atom. The minimum atomic E-state index is -0.358. The third-order valence-electron chi connectivity index (χ3n) is 2.98. The van der Waals surface area contributed by atoms with Crippen molar-refractivity contribution in [2.75, 3.05) is 7.11 Å². The maximum Gasteiger partial charge on any atom is 0.349 e. The first-order valence-electron chi connectivity index (χ1n) is 6.17. The topological polar surface area (TPSA) is 43.5 Å². The van der Waals surface area contributed by atoms with Crippen molar-refractivity contribution < 1.29 is 9.53 Å². The molecule has 0 fully saturated rings. The molecule has 0 atom stereocenters. The fourth-order valence-electron chi connectivity index (χ4n) is 1.83. The Hall–Kier alpha value is -2.19. The van der Waals surface area contributed by atoms with Gasteiger partial charge in [-0.15, -0.1) is 11.3 Å². The van der Waals surface area contributed by atoms with E-state index in [2.05, 4.69) is 9.83 Å². The number of nitrogens with zero attached hydrogens (tertiary/aromatic N) is 2. The molecule has 102 valence electrons. The zero-order chi connectivity index (χ0) is 14.7. The lowest BCUT2D eigenvalue weighted by Gasteiger charge is -2.00. The zero-order valence-electron chi connectivity index (χ0n) is 11.6. The lowest BCUT2D eigenvalue weighted by atomic mass is 10.1. The molecule has 0 saturated heterocycles. The van der Waals surface area contributed by atoms with Crippen molar-refractivity contribution in [3.63, 3.8) is 0 Å². The highest BCUT2D eigenvalue weighted by molar-refractivity contribution is 7.17. The molecule has 5 heteroatoms. The van der Waals surface area contributed by atoms with Gasteiger partial charge in [-0.3, -0.25) is 0 Å². The van der Waals surface area contributed by atoms with Crippen molar-refractivity contribution >= 4 is 23.0 Å². The van der Waals surface area contributed by atoms with E-state index < -0.39 is 0 Å². The number of methoxy groups -OCH3 is 1. The van der Waals surface area contributed by atoms with Gasteiger partial charge in [0.05, 0.1) is 19.4 Å². The van der Waals surface area contributed by atoms with Gasteiger partial charge in [0.25, 0.3) is 0 Å². The van der Waals surface area contributed by atoms with Crippen LogP contribution in [-0.4, -0.2) is 18.1 Å². The Morgan fingerprint density at radius 2 is 2.25 bits per heavy atom. The van der Waals surface area contributed by atoms with Crippen LogP contribution in [0, 0.1) is 13.5 Å². The quantitative estimate of drug-likeness (QED) is 0.632. The molecule has 0 unspecified atom stereocenters. The number of hydrogen-bond acceptors (Lipinski definition) is 4. The van der Waals surface area contributed by atoms with E-state index in [9.17, 15) is 4.79 Å². The first-order chi connectivity index (χ1) is 9.60. The van der Waals surface area contributed by atoms with Gasteiger partial charge in [-0.2, -0.15) is 0 Å². The fourth-order valence-corrected chi connectivity index (χ4v) is 2.90. The number of hydrogen-bond donors (Lipinski definition) is 0. The van der Waals surface area contributed by atoms with Gasteiger partial charge >= 0.3 is 5.97 Å². The molecule has 4 nitrogen and oxygen atoms in total. The van der Waals surface area contributed by atoms with Gasteiger partial charge in [-0.1, -0.05) is 19.1 Å². The van der Waals surface area contributed by atoms with Crippen molar-refractivity contribution in [1.82, 2.24) is 4.98 Å². The summed E-state index contributed by atoms with van der Waals surface area (Å²) in [6.45, 7) is 11.0. The molecule has 1 aromatic heterocycles. The summed E-state index contributed by atoms with van der Waals surface area (Å²) in [5.74, 6) is -0.358. The van der Waals surface area contributed by atoms with E-state index in [0.717, 1.165) is 21.8 Å². The van der Waals surface area contributed by atoms with Crippen LogP contribution < -0.4 is 0 Å². The van der Waals surface area contributed by atoms with Crippen molar-refractivity contribution in [3.05, 3.63) is 45.8 Å². The second kappa shape index (κ2) is 5.85. The molecule has 0 spiro atoms. The molecule has 1 heterocycles. The van der Waals surface area contributed by atoms with Gasteiger partial charge < -0.3 is 4.74 Å². The maximum absolute atomic E-state index is 11.7. The maximum atomic E-state index is 11.7. The fraction of sp³-hybridized carbons (Fsp3) is 0.267. The third kappa shape index (κ3) is 2.56. The normalized spacial score (nSPS) is 10.1. The minimum absolute atomic E-state index is 0.358. The van der Waals surface area contributed by atoms with Crippen molar-refractivity contribution in [3.8, 4) is 10.6 Å². The van der Waals surface area contributed by atoms with Gasteiger partial charge in [0, 0.05) is 5.56 Å². The third-order valence-corrected chi connectivity index (χ3v) is 4.11. The molecule has 0 N–H and O–H groups in total. The molecule has 1 aromatic carbocycles. The SMILES string of the molecule is [C-]#[N+]c1cc(-c2nc(CC)c(C(=O)OC)s2)ccc1C. The van der Waals surface area contributed by atoms with Gasteiger partial charge in [-0.05, 0) is 25.0 Å². The van der Waals surface area contributed by atoms with Crippen molar-refractivity contribution in [1.29, 1.82) is 0 Å². The number of carbonyl (C=O) groups is 1. The molecule has 2 rings (SSSR count). The monoisotopic (exact) mass is 286 g/mol. The standard InChI is InChI=1S/C15H14N2O2S/c1-5-11-13(15(18)19-4)20-14(17-11)10-7-6-9(2)12(8-10)16-3/h6-8H,5H2,1-2,4H3. The van der Waals surface area contributed by atoms with Crippen molar-refractivity contribution in [2.24, 2.45) is 0 Å². The van der Waals surface area contributed by atoms with Crippen molar-refractivity contribution in [2.45, 2.75) is 20.3 Å². The molecular formula is C15H14N2O2S. The second-order valence-electron chi connectivity index (χ2n) is 4.25. The van der Waals surface area contributed by atoms with Crippen LogP contribution in [-0.2, 0) is 11.2 Å². The Labute approximate surface area is 121 Å². The molecule has 0 aliphatic heterocycles. The summed E-state index contributed by atoms with van der Waals surface area (Å²) in [6.07, 6.45) is 0.669. The molecule has 0 radical (unpaired) electrons. The Balaban J connectivity index is 2.51. The number of rotatable bonds is 3. The summed E-state index contributed by atoms with van der Waals surface area (Å²) < 4.78 is 4.77. The zero-order valence-corrected chi connectivity index (χ0v) is 12.4. The predicted octanol–water partition coefficient (Wildman–Crippen LogP) is 4.02. The Kier molecular flexibility index (Phi) is 4.16. The number of aromatic nitrogens is 1. The summed E-state index contributed by atoms with van der Waals surface area (Å²) in [7, 11) is 1.37. The van der Waals surface area contributed by atoms with Crippen LogP contribution in [0.25, 0.3) is 15.4 Å². The highest BCUT2D eigenvalue weighted by atomic mass is 32.1. The van der Waals surface area contributed by atoms with Crippen LogP contribution in [0.5, 0.6) is 0 Å². The Bertz CT molecular complexity index is 698. The van der Waals surface area contributed by atoms with Crippen LogP contribution in [0.15, 0.2) is 18.2 Å². The molecule has 0 aliphatic rings. The average Bonchev–Trinajstić information content (AvgIpc) is 2.91. The summed E-state index contributed by atoms with van der Waals surface area (Å²) >= 11 is 1.31. The molecule has 0 bridgehead atoms. The lowest BCUT2D eigenvalue weighted by molar-refractivity contribution is 0.0605. The molecule has 2 aromatic rings. The van der Waals surface area contributed by atoms with Gasteiger partial charge in [0.15, 0.2) is 5.69 Å². The second-order valence-corrected chi connectivity index (χ2v) is 5.25. The van der Waals surface area contributed by atoms with Crippen LogP contribution in [0.1, 0.15) is 27.9 Å². The van der Waals surface area contributed by atoms with Crippen LogP contribution in [0.4, 0.5) is 5.69 Å². The summed E-state index contributed by atoms with van der Waals surface area (Å²) in [6, 6.07) is 5.62. The number of carbonyl (C=O) groups excluding carboxylic acids is 1. The van der Waals surface area contributed by atoms with E-state index >= 15 is 0 Å². The van der Waals surface area contributed by atoms with E-state index in [-0.39, 0.29) is 5.97 Å². The largest absolute Gasteiger partial charge is 0.465 e. The molecule has 0 saturated carbocycles. The smallest absolute Gasteiger partial charge is 0.349 e. The van der Waals surface area contributed by atoms with Gasteiger partial charge in [0.2, 0.25) is 0 Å². The number of esters is 1. The van der Waals surface area contributed by atoms with Gasteiger partial charge in [-0.25, -0.2) is 14.6 Å². The average molecular weight is 286 g/mol. The lowest BCUT2D eigenvalue weighted by Crippen LogP contribution is -2.01. The molecule has 0 amide bonds. The number of benzene rings is 1. The first-order valence-corrected chi connectivity index (χ1v) is 6.98. The molecular weight excluding hydrogens is 272 g/mol. The highest BCUT2D eigenvalue weighted by Crippen LogP contribution is 2.32. The van der Waals surface area contributed by atoms with E-state index in [1.165, 1.54) is 18.4 Å². The molecule has 0 aliphatic carbocycles. The number of ether oxygens (including phenoxy) is 1. The van der Waals surface area contributed by atoms with E-state index in [0.29, 0.717) is 17.0 Å². The summed E-state index contributed by atoms with van der Waals surface area (Å²) in [5.41, 5.74) is 3.14. The summed E-state index contributed by atoms with van der Waals surface area (Å²) in [5, 5.41) is 0.743.